The molecule has 3 aromatic rings. The van der Waals surface area contributed by atoms with Crippen molar-refractivity contribution in [3.05, 3.63) is 60.9 Å². The summed E-state index contributed by atoms with van der Waals surface area (Å²) in [6, 6.07) is 16.3. The third-order valence-electron chi connectivity index (χ3n) is 4.04. The summed E-state index contributed by atoms with van der Waals surface area (Å²) in [6.45, 7) is 2.98. The molecule has 0 amide bonds. The Morgan fingerprint density at radius 3 is 2.77 bits per heavy atom. The van der Waals surface area contributed by atoms with Crippen LogP contribution in [-0.2, 0) is 6.54 Å². The number of ether oxygens (including phenoxy) is 1. The summed E-state index contributed by atoms with van der Waals surface area (Å²) in [5.74, 6) is 1.69. The summed E-state index contributed by atoms with van der Waals surface area (Å²) in [5.41, 5.74) is 0. The van der Waals surface area contributed by atoms with Crippen molar-refractivity contribution in [2.24, 2.45) is 4.99 Å². The van der Waals surface area contributed by atoms with Crippen LogP contribution < -0.4 is 15.4 Å². The number of aromatic nitrogens is 2. The molecule has 0 aliphatic carbocycles. The topological polar surface area (TPSA) is 63.5 Å². The molecule has 0 spiro atoms. The molecule has 0 radical (unpaired) electrons. The number of aryl methyl sites for hydroxylation is 1. The van der Waals surface area contributed by atoms with Gasteiger partial charge in [0, 0.05) is 37.9 Å². The van der Waals surface area contributed by atoms with E-state index in [1.165, 1.54) is 5.39 Å². The van der Waals surface area contributed by atoms with E-state index in [0.29, 0.717) is 13.2 Å². The monoisotopic (exact) mass is 351 g/mol. The molecule has 1 heterocycles. The van der Waals surface area contributed by atoms with Gasteiger partial charge in [0.2, 0.25) is 0 Å². The second-order valence-corrected chi connectivity index (χ2v) is 5.87. The summed E-state index contributed by atoms with van der Waals surface area (Å²) >= 11 is 0. The predicted molar refractivity (Wildman–Crippen MR) is 106 cm³/mol. The molecule has 0 aliphatic heterocycles. The lowest BCUT2D eigenvalue weighted by molar-refractivity contribution is 0.325. The van der Waals surface area contributed by atoms with E-state index in [4.69, 9.17) is 4.74 Å². The van der Waals surface area contributed by atoms with Crippen LogP contribution in [-0.4, -0.2) is 42.5 Å². The van der Waals surface area contributed by atoms with Gasteiger partial charge in [-0.2, -0.15) is 5.10 Å². The minimum atomic E-state index is 0.571. The van der Waals surface area contributed by atoms with E-state index in [1.807, 2.05) is 41.2 Å². The highest BCUT2D eigenvalue weighted by molar-refractivity contribution is 5.88. The third-order valence-corrected chi connectivity index (χ3v) is 4.04. The predicted octanol–water partition coefficient (Wildman–Crippen LogP) is 2.67. The largest absolute Gasteiger partial charge is 0.491 e. The van der Waals surface area contributed by atoms with Crippen LogP contribution in [0.15, 0.2) is 65.9 Å². The van der Waals surface area contributed by atoms with Crippen molar-refractivity contribution in [3.8, 4) is 5.75 Å². The Labute approximate surface area is 153 Å². The Morgan fingerprint density at radius 1 is 1.08 bits per heavy atom. The number of aliphatic imine (C=N–C) groups is 1. The molecule has 26 heavy (non-hydrogen) atoms. The lowest BCUT2D eigenvalue weighted by Gasteiger charge is -2.13. The van der Waals surface area contributed by atoms with Crippen LogP contribution in [0.1, 0.15) is 6.42 Å². The second-order valence-electron chi connectivity index (χ2n) is 5.87. The highest BCUT2D eigenvalue weighted by Gasteiger charge is 2.02. The van der Waals surface area contributed by atoms with Gasteiger partial charge in [-0.3, -0.25) is 9.67 Å². The highest BCUT2D eigenvalue weighted by atomic mass is 16.5. The Balaban J connectivity index is 1.37. The summed E-state index contributed by atoms with van der Waals surface area (Å²) in [5, 5.41) is 13.1. The van der Waals surface area contributed by atoms with Crippen molar-refractivity contribution in [3.63, 3.8) is 0 Å². The standard InChI is InChI=1S/C20H25N5O/c1-21-20(22-11-5-14-25-15-6-12-24-25)23-13-16-26-19-10-4-8-17-7-2-3-9-18(17)19/h2-4,6-10,12,15H,5,11,13-14,16H2,1H3,(H2,21,22,23). The van der Waals surface area contributed by atoms with E-state index < -0.39 is 0 Å². The molecule has 0 atom stereocenters. The first kappa shape index (κ1) is 17.8. The zero-order valence-electron chi connectivity index (χ0n) is 15.1. The van der Waals surface area contributed by atoms with E-state index >= 15 is 0 Å². The van der Waals surface area contributed by atoms with Crippen molar-refractivity contribution >= 4 is 16.7 Å². The van der Waals surface area contributed by atoms with Gasteiger partial charge >= 0.3 is 0 Å². The summed E-state index contributed by atoms with van der Waals surface area (Å²) in [7, 11) is 1.77. The van der Waals surface area contributed by atoms with Gasteiger partial charge in [-0.25, -0.2) is 0 Å². The number of rotatable bonds is 8. The van der Waals surface area contributed by atoms with Crippen LogP contribution in [0.4, 0.5) is 0 Å². The Kier molecular flexibility index (Phi) is 6.47. The van der Waals surface area contributed by atoms with Gasteiger partial charge in [-0.1, -0.05) is 36.4 Å². The fraction of sp³-hybridized carbons (Fsp3) is 0.300. The smallest absolute Gasteiger partial charge is 0.191 e. The molecule has 0 fully saturated rings. The molecular formula is C20H25N5O. The van der Waals surface area contributed by atoms with Gasteiger partial charge in [0.15, 0.2) is 5.96 Å². The summed E-state index contributed by atoms with van der Waals surface area (Å²) in [6.07, 6.45) is 4.75. The number of fused-ring (bicyclic) bond motifs is 1. The first-order valence-electron chi connectivity index (χ1n) is 8.89. The maximum atomic E-state index is 5.93. The van der Waals surface area contributed by atoms with Crippen molar-refractivity contribution in [1.82, 2.24) is 20.4 Å². The molecule has 0 saturated heterocycles. The Hall–Kier alpha value is -3.02. The summed E-state index contributed by atoms with van der Waals surface area (Å²) in [4.78, 5) is 4.23. The second kappa shape index (κ2) is 9.46. The SMILES string of the molecule is CN=C(NCCCn1cccn1)NCCOc1cccc2ccccc12. The molecular weight excluding hydrogens is 326 g/mol. The number of nitrogens with one attached hydrogen (secondary N) is 2. The molecule has 6 heteroatoms. The van der Waals surface area contributed by atoms with E-state index in [1.54, 1.807) is 13.2 Å². The van der Waals surface area contributed by atoms with Gasteiger partial charge in [0.1, 0.15) is 12.4 Å². The van der Waals surface area contributed by atoms with E-state index in [-0.39, 0.29) is 0 Å². The zero-order valence-corrected chi connectivity index (χ0v) is 15.1. The molecule has 6 nitrogen and oxygen atoms in total. The Bertz CT molecular complexity index is 824. The molecule has 0 saturated carbocycles. The normalized spacial score (nSPS) is 11.5. The van der Waals surface area contributed by atoms with Gasteiger partial charge in [-0.05, 0) is 23.9 Å². The highest BCUT2D eigenvalue weighted by Crippen LogP contribution is 2.24. The molecule has 1 aromatic heterocycles. The average molecular weight is 351 g/mol. The molecule has 0 unspecified atom stereocenters. The van der Waals surface area contributed by atoms with Crippen molar-refractivity contribution in [1.29, 1.82) is 0 Å². The van der Waals surface area contributed by atoms with Crippen molar-refractivity contribution in [2.45, 2.75) is 13.0 Å². The maximum absolute atomic E-state index is 5.93. The Morgan fingerprint density at radius 2 is 1.92 bits per heavy atom. The van der Waals surface area contributed by atoms with E-state index in [9.17, 15) is 0 Å². The minimum Gasteiger partial charge on any atom is -0.491 e. The van der Waals surface area contributed by atoms with Crippen LogP contribution >= 0.6 is 0 Å². The quantitative estimate of drug-likeness (QED) is 0.372. The first-order valence-corrected chi connectivity index (χ1v) is 8.89. The average Bonchev–Trinajstić information content (AvgIpc) is 3.20. The van der Waals surface area contributed by atoms with Crippen molar-refractivity contribution in [2.75, 3.05) is 26.7 Å². The van der Waals surface area contributed by atoms with Gasteiger partial charge in [0.25, 0.3) is 0 Å². The van der Waals surface area contributed by atoms with Crippen LogP contribution in [0.2, 0.25) is 0 Å². The van der Waals surface area contributed by atoms with Gasteiger partial charge < -0.3 is 15.4 Å². The van der Waals surface area contributed by atoms with Crippen LogP contribution in [0.3, 0.4) is 0 Å². The fourth-order valence-electron chi connectivity index (χ4n) is 2.75. The zero-order chi connectivity index (χ0) is 18.0. The van der Waals surface area contributed by atoms with Crippen molar-refractivity contribution < 1.29 is 4.74 Å². The fourth-order valence-corrected chi connectivity index (χ4v) is 2.75. The van der Waals surface area contributed by atoms with Crippen LogP contribution in [0.25, 0.3) is 10.8 Å². The number of nitrogens with zero attached hydrogens (tertiary/aromatic N) is 3. The number of hydrogen-bond acceptors (Lipinski definition) is 3. The van der Waals surface area contributed by atoms with Crippen LogP contribution in [0.5, 0.6) is 5.75 Å². The van der Waals surface area contributed by atoms with E-state index in [2.05, 4.69) is 38.9 Å². The summed E-state index contributed by atoms with van der Waals surface area (Å²) < 4.78 is 7.86. The lowest BCUT2D eigenvalue weighted by atomic mass is 10.1. The first-order chi connectivity index (χ1) is 12.9. The number of hydrogen-bond donors (Lipinski definition) is 2. The third kappa shape index (κ3) is 4.99. The van der Waals surface area contributed by atoms with E-state index in [0.717, 1.165) is 36.6 Å². The van der Waals surface area contributed by atoms with Gasteiger partial charge in [0.05, 0.1) is 6.54 Å². The number of guanidine groups is 1. The number of benzene rings is 2. The molecule has 136 valence electrons. The molecule has 0 bridgehead atoms. The minimum absolute atomic E-state index is 0.571. The lowest BCUT2D eigenvalue weighted by Crippen LogP contribution is -2.39. The van der Waals surface area contributed by atoms with Crippen LogP contribution in [0, 0.1) is 0 Å². The molecule has 0 aliphatic rings. The maximum Gasteiger partial charge on any atom is 0.191 e. The van der Waals surface area contributed by atoms with Gasteiger partial charge in [-0.15, -0.1) is 0 Å². The molecule has 3 rings (SSSR count). The molecule has 2 aromatic carbocycles. The molecule has 2 N–H and O–H groups in total.